The van der Waals surface area contributed by atoms with Crippen LogP contribution in [0, 0.1) is 17.1 Å². The van der Waals surface area contributed by atoms with Gasteiger partial charge in [0.05, 0.1) is 11.6 Å². The van der Waals surface area contributed by atoms with Crippen LogP contribution in [-0.2, 0) is 11.2 Å². The van der Waals surface area contributed by atoms with E-state index in [0.29, 0.717) is 5.56 Å². The number of alkyl halides is 1. The molecule has 1 fully saturated rings. The molecule has 0 heterocycles. The first kappa shape index (κ1) is 12.8. The molecule has 1 aliphatic rings. The average Bonchev–Trinajstić information content (AvgIpc) is 3.15. The Bertz CT molecular complexity index is 508. The minimum absolute atomic E-state index is 0.222. The Kier molecular flexibility index (Phi) is 3.83. The molecule has 1 aromatic carbocycles. The zero-order valence-corrected chi connectivity index (χ0v) is 10.4. The highest BCUT2D eigenvalue weighted by Gasteiger charge is 2.26. The minimum Gasteiger partial charge on any atom is -0.352 e. The Morgan fingerprint density at radius 1 is 1.61 bits per heavy atom. The molecular weight excluding hydrogens is 255 g/mol. The van der Waals surface area contributed by atoms with Crippen molar-refractivity contribution in [1.82, 2.24) is 5.32 Å². The predicted molar refractivity (Wildman–Crippen MR) is 65.6 cm³/mol. The summed E-state index contributed by atoms with van der Waals surface area (Å²) in [7, 11) is 0. The Labute approximate surface area is 110 Å². The largest absolute Gasteiger partial charge is 0.352 e. The molecule has 0 aliphatic heterocycles. The zero-order valence-electron chi connectivity index (χ0n) is 9.62. The van der Waals surface area contributed by atoms with Gasteiger partial charge in [-0.2, -0.15) is 5.26 Å². The molecule has 0 aromatic heterocycles. The van der Waals surface area contributed by atoms with Crippen LogP contribution in [0.3, 0.4) is 0 Å². The van der Waals surface area contributed by atoms with Gasteiger partial charge in [-0.05, 0) is 37.0 Å². The maximum Gasteiger partial charge on any atom is 0.238 e. The van der Waals surface area contributed by atoms with E-state index >= 15 is 0 Å². The lowest BCUT2D eigenvalue weighted by molar-refractivity contribution is -0.120. The van der Waals surface area contributed by atoms with Gasteiger partial charge in [0.15, 0.2) is 0 Å². The number of nitrogens with zero attached hydrogens (tertiary/aromatic N) is 1. The van der Waals surface area contributed by atoms with E-state index in [2.05, 4.69) is 5.32 Å². The third-order valence-electron chi connectivity index (χ3n) is 2.80. The molecular formula is C13H12ClFN2O. The summed E-state index contributed by atoms with van der Waals surface area (Å²) in [6, 6.07) is 6.06. The number of halogens is 2. The monoisotopic (exact) mass is 266 g/mol. The number of nitrogens with one attached hydrogen (secondary N) is 1. The van der Waals surface area contributed by atoms with E-state index in [1.54, 1.807) is 0 Å². The smallest absolute Gasteiger partial charge is 0.238 e. The van der Waals surface area contributed by atoms with Crippen molar-refractivity contribution in [1.29, 1.82) is 5.26 Å². The van der Waals surface area contributed by atoms with Crippen LogP contribution in [-0.4, -0.2) is 17.3 Å². The topological polar surface area (TPSA) is 52.9 Å². The summed E-state index contributed by atoms with van der Waals surface area (Å²) in [5.41, 5.74) is 0.810. The number of amides is 1. The van der Waals surface area contributed by atoms with E-state index in [1.165, 1.54) is 12.1 Å². The molecule has 5 heteroatoms. The fraction of sp³-hybridized carbons (Fsp3) is 0.385. The summed E-state index contributed by atoms with van der Waals surface area (Å²) < 4.78 is 12.9. The average molecular weight is 267 g/mol. The van der Waals surface area contributed by atoms with Crippen LogP contribution in [0.2, 0.25) is 0 Å². The van der Waals surface area contributed by atoms with Crippen LogP contribution >= 0.6 is 11.6 Å². The van der Waals surface area contributed by atoms with Gasteiger partial charge in [-0.25, -0.2) is 4.39 Å². The van der Waals surface area contributed by atoms with Crippen molar-refractivity contribution >= 4 is 17.5 Å². The normalized spacial score (nSPS) is 15.8. The van der Waals surface area contributed by atoms with Crippen molar-refractivity contribution < 1.29 is 9.18 Å². The molecule has 0 bridgehead atoms. The van der Waals surface area contributed by atoms with Crippen LogP contribution in [0.4, 0.5) is 4.39 Å². The number of carbonyl (C=O) groups is 1. The van der Waals surface area contributed by atoms with Crippen molar-refractivity contribution in [3.8, 4) is 6.07 Å². The van der Waals surface area contributed by atoms with Gasteiger partial charge in [0.25, 0.3) is 0 Å². The molecule has 0 spiro atoms. The Morgan fingerprint density at radius 3 is 2.94 bits per heavy atom. The molecule has 1 aromatic rings. The summed E-state index contributed by atoms with van der Waals surface area (Å²) in [6.07, 6.45) is 2.22. The van der Waals surface area contributed by atoms with Crippen molar-refractivity contribution in [2.45, 2.75) is 30.7 Å². The van der Waals surface area contributed by atoms with Crippen molar-refractivity contribution in [3.63, 3.8) is 0 Å². The van der Waals surface area contributed by atoms with E-state index in [1.807, 2.05) is 6.07 Å². The third kappa shape index (κ3) is 3.21. The van der Waals surface area contributed by atoms with Crippen molar-refractivity contribution in [2.24, 2.45) is 0 Å². The Hall–Kier alpha value is -1.60. The van der Waals surface area contributed by atoms with Crippen LogP contribution < -0.4 is 5.32 Å². The molecule has 0 radical (unpaired) electrons. The van der Waals surface area contributed by atoms with Crippen LogP contribution in [0.1, 0.15) is 24.0 Å². The first-order chi connectivity index (χ1) is 8.60. The van der Waals surface area contributed by atoms with Gasteiger partial charge in [-0.1, -0.05) is 6.07 Å². The Balaban J connectivity index is 2.03. The van der Waals surface area contributed by atoms with Gasteiger partial charge in [-0.15, -0.1) is 11.6 Å². The zero-order chi connectivity index (χ0) is 13.1. The van der Waals surface area contributed by atoms with E-state index in [9.17, 15) is 9.18 Å². The molecule has 1 atom stereocenters. The summed E-state index contributed by atoms with van der Waals surface area (Å²) in [4.78, 5) is 11.7. The fourth-order valence-corrected chi connectivity index (χ4v) is 1.87. The molecule has 0 saturated heterocycles. The van der Waals surface area contributed by atoms with Gasteiger partial charge >= 0.3 is 0 Å². The number of rotatable bonds is 4. The summed E-state index contributed by atoms with van der Waals surface area (Å²) in [5.74, 6) is -0.698. The number of carbonyl (C=O) groups excluding carboxylic acids is 1. The van der Waals surface area contributed by atoms with E-state index in [4.69, 9.17) is 16.9 Å². The highest BCUT2D eigenvalue weighted by atomic mass is 35.5. The second kappa shape index (κ2) is 5.36. The van der Waals surface area contributed by atoms with E-state index in [0.717, 1.165) is 18.9 Å². The minimum atomic E-state index is -0.733. The third-order valence-corrected chi connectivity index (χ3v) is 3.15. The maximum atomic E-state index is 12.9. The van der Waals surface area contributed by atoms with E-state index < -0.39 is 11.2 Å². The molecule has 1 aliphatic carbocycles. The molecule has 1 amide bonds. The molecule has 1 unspecified atom stereocenters. The first-order valence-electron chi connectivity index (χ1n) is 5.73. The predicted octanol–water partition coefficient (Wildman–Crippen LogP) is 2.13. The van der Waals surface area contributed by atoms with Gasteiger partial charge in [0, 0.05) is 6.04 Å². The lowest BCUT2D eigenvalue weighted by Crippen LogP contribution is -2.34. The van der Waals surface area contributed by atoms with Crippen molar-refractivity contribution in [3.05, 3.63) is 35.1 Å². The standard InChI is InChI=1S/C13H12ClFN2O/c14-12(13(18)17-11-3-4-11)6-8-1-2-10(15)5-9(8)7-16/h1-2,5,11-12H,3-4,6H2,(H,17,18). The van der Waals surface area contributed by atoms with Gasteiger partial charge < -0.3 is 5.32 Å². The quantitative estimate of drug-likeness (QED) is 0.849. The molecule has 1 saturated carbocycles. The van der Waals surface area contributed by atoms with Gasteiger partial charge in [-0.3, -0.25) is 4.79 Å². The van der Waals surface area contributed by atoms with Gasteiger partial charge in [0.1, 0.15) is 11.2 Å². The lowest BCUT2D eigenvalue weighted by atomic mass is 10.0. The van der Waals surface area contributed by atoms with Crippen LogP contribution in [0.5, 0.6) is 0 Å². The second-order valence-electron chi connectivity index (χ2n) is 4.37. The summed E-state index contributed by atoms with van der Waals surface area (Å²) in [5, 5.41) is 11.0. The second-order valence-corrected chi connectivity index (χ2v) is 4.89. The van der Waals surface area contributed by atoms with Gasteiger partial charge in [0.2, 0.25) is 5.91 Å². The Morgan fingerprint density at radius 2 is 2.33 bits per heavy atom. The van der Waals surface area contributed by atoms with Crippen LogP contribution in [0.25, 0.3) is 0 Å². The molecule has 2 rings (SSSR count). The first-order valence-corrected chi connectivity index (χ1v) is 6.17. The van der Waals surface area contributed by atoms with Crippen LogP contribution in [0.15, 0.2) is 18.2 Å². The number of nitriles is 1. The molecule has 1 N–H and O–H groups in total. The highest BCUT2D eigenvalue weighted by Crippen LogP contribution is 2.20. The summed E-state index contributed by atoms with van der Waals surface area (Å²) >= 11 is 5.99. The number of benzene rings is 1. The molecule has 94 valence electrons. The fourth-order valence-electron chi connectivity index (χ4n) is 1.64. The number of hydrogen-bond donors (Lipinski definition) is 1. The number of hydrogen-bond acceptors (Lipinski definition) is 2. The molecule has 18 heavy (non-hydrogen) atoms. The van der Waals surface area contributed by atoms with E-state index in [-0.39, 0.29) is 23.9 Å². The highest BCUT2D eigenvalue weighted by molar-refractivity contribution is 6.30. The lowest BCUT2D eigenvalue weighted by Gasteiger charge is -2.11. The summed E-state index contributed by atoms with van der Waals surface area (Å²) in [6.45, 7) is 0. The van der Waals surface area contributed by atoms with Crippen molar-refractivity contribution in [2.75, 3.05) is 0 Å². The SMILES string of the molecule is N#Cc1cc(F)ccc1CC(Cl)C(=O)NC1CC1. The molecule has 3 nitrogen and oxygen atoms in total. The maximum absolute atomic E-state index is 12.9.